The van der Waals surface area contributed by atoms with Gasteiger partial charge in [0.25, 0.3) is 0 Å². The first-order valence-electron chi connectivity index (χ1n) is 8.81. The number of anilines is 2. The number of benzene rings is 3. The molecule has 152 valence electrons. The summed E-state index contributed by atoms with van der Waals surface area (Å²) in [5.41, 5.74) is 0.831. The Kier molecular flexibility index (Phi) is 5.09. The predicted octanol–water partition coefficient (Wildman–Crippen LogP) is 5.14. The van der Waals surface area contributed by atoms with Crippen molar-refractivity contribution in [3.05, 3.63) is 94.2 Å². The highest BCUT2D eigenvalue weighted by atomic mass is 35.5. The summed E-state index contributed by atoms with van der Waals surface area (Å²) >= 11 is 5.95. The lowest BCUT2D eigenvalue weighted by molar-refractivity contribution is 0.104. The van der Waals surface area contributed by atoms with Crippen molar-refractivity contribution in [2.45, 2.75) is 4.90 Å². The maximum atomic E-state index is 13.9. The molecule has 0 radical (unpaired) electrons. The summed E-state index contributed by atoms with van der Waals surface area (Å²) in [7, 11) is -2.67. The smallest absolute Gasteiger partial charge is 0.214 e. The SMILES string of the molecule is COc1ccc(C(=O)C2=CN(c3ccc(Cl)cc3)c3cc(F)ccc3S2(=O)=O)cc1. The topological polar surface area (TPSA) is 63.7 Å². The van der Waals surface area contributed by atoms with Crippen molar-refractivity contribution in [3.63, 3.8) is 0 Å². The van der Waals surface area contributed by atoms with Crippen LogP contribution in [0.2, 0.25) is 5.02 Å². The van der Waals surface area contributed by atoms with Gasteiger partial charge < -0.3 is 9.64 Å². The molecular formula is C22H15ClFNO4S. The van der Waals surface area contributed by atoms with Crippen LogP contribution in [-0.2, 0) is 9.84 Å². The van der Waals surface area contributed by atoms with E-state index >= 15 is 0 Å². The van der Waals surface area contributed by atoms with Crippen LogP contribution >= 0.6 is 11.6 Å². The van der Waals surface area contributed by atoms with Crippen molar-refractivity contribution in [3.8, 4) is 5.75 Å². The lowest BCUT2D eigenvalue weighted by Gasteiger charge is -2.29. The average Bonchev–Trinajstić information content (AvgIpc) is 2.74. The fourth-order valence-electron chi connectivity index (χ4n) is 3.16. The van der Waals surface area contributed by atoms with E-state index in [4.69, 9.17) is 16.3 Å². The minimum atomic E-state index is -4.17. The Morgan fingerprint density at radius 1 is 1.00 bits per heavy atom. The largest absolute Gasteiger partial charge is 0.497 e. The number of Topliss-reactive ketones (excluding diaryl/α,β-unsaturated/α-hetero) is 1. The molecule has 4 rings (SSSR count). The summed E-state index contributed by atoms with van der Waals surface area (Å²) in [5.74, 6) is -0.733. The number of hydrogen-bond acceptors (Lipinski definition) is 5. The second-order valence-electron chi connectivity index (χ2n) is 6.51. The third-order valence-electron chi connectivity index (χ3n) is 4.69. The molecule has 0 aliphatic carbocycles. The number of halogens is 2. The highest BCUT2D eigenvalue weighted by Gasteiger charge is 2.36. The number of carbonyl (C=O) groups excluding carboxylic acids is 1. The fourth-order valence-corrected chi connectivity index (χ4v) is 4.81. The number of sulfone groups is 1. The second kappa shape index (κ2) is 7.59. The van der Waals surface area contributed by atoms with Gasteiger partial charge in [0.15, 0.2) is 0 Å². The van der Waals surface area contributed by atoms with Crippen molar-refractivity contribution < 1.29 is 22.3 Å². The first-order chi connectivity index (χ1) is 14.3. The molecule has 0 atom stereocenters. The molecule has 3 aromatic carbocycles. The lowest BCUT2D eigenvalue weighted by Crippen LogP contribution is -2.26. The number of nitrogens with zero attached hydrogens (tertiary/aromatic N) is 1. The molecule has 0 bridgehead atoms. The molecular weight excluding hydrogens is 429 g/mol. The number of ketones is 1. The minimum Gasteiger partial charge on any atom is -0.497 e. The molecule has 8 heteroatoms. The Balaban J connectivity index is 1.89. The summed E-state index contributed by atoms with van der Waals surface area (Å²) in [6, 6.07) is 16.0. The first kappa shape index (κ1) is 20.1. The highest BCUT2D eigenvalue weighted by Crippen LogP contribution is 2.41. The molecule has 30 heavy (non-hydrogen) atoms. The first-order valence-corrected chi connectivity index (χ1v) is 10.7. The summed E-state index contributed by atoms with van der Waals surface area (Å²) in [6.45, 7) is 0. The van der Waals surface area contributed by atoms with E-state index in [2.05, 4.69) is 0 Å². The van der Waals surface area contributed by atoms with Gasteiger partial charge in [0.1, 0.15) is 16.5 Å². The van der Waals surface area contributed by atoms with E-state index in [1.807, 2.05) is 0 Å². The van der Waals surface area contributed by atoms with E-state index in [0.29, 0.717) is 16.5 Å². The molecule has 0 saturated carbocycles. The van der Waals surface area contributed by atoms with Crippen LogP contribution in [0.4, 0.5) is 15.8 Å². The molecule has 0 aromatic heterocycles. The van der Waals surface area contributed by atoms with Crippen molar-refractivity contribution in [2.75, 3.05) is 12.0 Å². The average molecular weight is 444 g/mol. The number of allylic oxidation sites excluding steroid dienone is 1. The zero-order valence-electron chi connectivity index (χ0n) is 15.7. The summed E-state index contributed by atoms with van der Waals surface area (Å²) in [6.07, 6.45) is 1.22. The monoisotopic (exact) mass is 443 g/mol. The van der Waals surface area contributed by atoms with Crippen molar-refractivity contribution >= 4 is 38.6 Å². The van der Waals surface area contributed by atoms with Crippen LogP contribution in [0.3, 0.4) is 0 Å². The zero-order valence-corrected chi connectivity index (χ0v) is 17.2. The lowest BCUT2D eigenvalue weighted by atomic mass is 10.1. The van der Waals surface area contributed by atoms with Gasteiger partial charge in [-0.2, -0.15) is 0 Å². The van der Waals surface area contributed by atoms with Crippen molar-refractivity contribution in [1.29, 1.82) is 0 Å². The van der Waals surface area contributed by atoms with Crippen LogP contribution in [-0.4, -0.2) is 21.3 Å². The summed E-state index contributed by atoms with van der Waals surface area (Å²) in [5, 5.41) is 0.487. The molecule has 0 fully saturated rings. The number of hydrogen-bond donors (Lipinski definition) is 0. The van der Waals surface area contributed by atoms with Gasteiger partial charge in [-0.25, -0.2) is 12.8 Å². The van der Waals surface area contributed by atoms with Crippen LogP contribution in [0.5, 0.6) is 5.75 Å². The standard InChI is InChI=1S/C22H15ClFNO4S/c1-29-18-9-2-14(3-10-18)22(26)21-13-25(17-7-4-15(23)5-8-17)19-12-16(24)6-11-20(19)30(21,27)28/h2-13H,1H3. The number of methoxy groups -OCH3 is 1. The Labute approximate surface area is 177 Å². The molecule has 0 spiro atoms. The summed E-state index contributed by atoms with van der Waals surface area (Å²) in [4.78, 5) is 14.0. The normalized spacial score (nSPS) is 14.6. The van der Waals surface area contributed by atoms with Crippen molar-refractivity contribution in [2.24, 2.45) is 0 Å². The van der Waals surface area contributed by atoms with E-state index < -0.39 is 26.3 Å². The van der Waals surface area contributed by atoms with Crippen LogP contribution in [0, 0.1) is 5.82 Å². The van der Waals surface area contributed by atoms with Crippen LogP contribution < -0.4 is 9.64 Å². The maximum absolute atomic E-state index is 13.9. The van der Waals surface area contributed by atoms with Gasteiger partial charge in [0.05, 0.1) is 17.7 Å². The zero-order chi connectivity index (χ0) is 21.5. The molecule has 1 heterocycles. The van der Waals surface area contributed by atoms with Crippen LogP contribution in [0.15, 0.2) is 82.7 Å². The summed E-state index contributed by atoms with van der Waals surface area (Å²) < 4.78 is 45.4. The number of ether oxygens (including phenoxy) is 1. The van der Waals surface area contributed by atoms with Gasteiger partial charge in [-0.3, -0.25) is 4.79 Å². The maximum Gasteiger partial charge on any atom is 0.214 e. The molecule has 1 aliphatic heterocycles. The third-order valence-corrected chi connectivity index (χ3v) is 6.73. The van der Waals surface area contributed by atoms with Crippen LogP contribution in [0.25, 0.3) is 0 Å². The van der Waals surface area contributed by atoms with E-state index in [-0.39, 0.29) is 16.1 Å². The Morgan fingerprint density at radius 3 is 2.30 bits per heavy atom. The highest BCUT2D eigenvalue weighted by molar-refractivity contribution is 7.96. The second-order valence-corrected chi connectivity index (χ2v) is 8.84. The minimum absolute atomic E-state index is 0.114. The molecule has 0 saturated heterocycles. The van der Waals surface area contributed by atoms with E-state index in [1.54, 1.807) is 36.4 Å². The van der Waals surface area contributed by atoms with Gasteiger partial charge >= 0.3 is 0 Å². The van der Waals surface area contributed by atoms with Gasteiger partial charge in [-0.1, -0.05) is 11.6 Å². The Morgan fingerprint density at radius 2 is 1.67 bits per heavy atom. The van der Waals surface area contributed by atoms with E-state index in [1.165, 1.54) is 30.3 Å². The fraction of sp³-hybridized carbons (Fsp3) is 0.0455. The van der Waals surface area contributed by atoms with E-state index in [0.717, 1.165) is 18.2 Å². The molecule has 0 unspecified atom stereocenters. The molecule has 3 aromatic rings. The number of fused-ring (bicyclic) bond motifs is 1. The molecule has 5 nitrogen and oxygen atoms in total. The Bertz CT molecular complexity index is 1270. The number of rotatable bonds is 4. The molecule has 0 amide bonds. The molecule has 1 aliphatic rings. The van der Waals surface area contributed by atoms with Gasteiger partial charge in [-0.15, -0.1) is 0 Å². The van der Waals surface area contributed by atoms with E-state index in [9.17, 15) is 17.6 Å². The quantitative estimate of drug-likeness (QED) is 0.413. The van der Waals surface area contributed by atoms with Gasteiger partial charge in [0, 0.05) is 22.5 Å². The van der Waals surface area contributed by atoms with Crippen molar-refractivity contribution in [1.82, 2.24) is 0 Å². The van der Waals surface area contributed by atoms with Crippen LogP contribution in [0.1, 0.15) is 10.4 Å². The number of carbonyl (C=O) groups is 1. The Hall–Kier alpha value is -3.16. The third kappa shape index (κ3) is 3.46. The predicted molar refractivity (Wildman–Crippen MR) is 113 cm³/mol. The van der Waals surface area contributed by atoms with Gasteiger partial charge in [0.2, 0.25) is 15.6 Å². The van der Waals surface area contributed by atoms with Gasteiger partial charge in [-0.05, 0) is 66.7 Å². The molecule has 0 N–H and O–H groups in total.